The Bertz CT molecular complexity index is 547. The third kappa shape index (κ3) is 3.61. The van der Waals surface area contributed by atoms with Crippen LogP contribution in [0.5, 0.6) is 0 Å². The van der Waals surface area contributed by atoms with Gasteiger partial charge in [0.15, 0.2) is 18.1 Å². The molecular formula is C16H19NO4. The molecule has 112 valence electrons. The number of hydrogen-bond donors (Lipinski definition) is 1. The van der Waals surface area contributed by atoms with Crippen molar-refractivity contribution in [3.05, 3.63) is 41.1 Å². The van der Waals surface area contributed by atoms with Crippen LogP contribution >= 0.6 is 0 Å². The summed E-state index contributed by atoms with van der Waals surface area (Å²) in [6.07, 6.45) is 5.58. The van der Waals surface area contributed by atoms with Gasteiger partial charge in [-0.1, -0.05) is 18.2 Å². The molecule has 2 rings (SSSR count). The highest BCUT2D eigenvalue weighted by molar-refractivity contribution is 5.75. The lowest BCUT2D eigenvalue weighted by atomic mass is 10.1. The number of rotatable bonds is 4. The van der Waals surface area contributed by atoms with Crippen LogP contribution in [0.15, 0.2) is 30.3 Å². The van der Waals surface area contributed by atoms with E-state index in [0.717, 1.165) is 5.56 Å². The van der Waals surface area contributed by atoms with Crippen LogP contribution in [0.3, 0.4) is 0 Å². The van der Waals surface area contributed by atoms with Crippen molar-refractivity contribution in [1.29, 1.82) is 0 Å². The second-order valence-electron chi connectivity index (χ2n) is 5.33. The predicted molar refractivity (Wildman–Crippen MR) is 78.8 cm³/mol. The van der Waals surface area contributed by atoms with Crippen LogP contribution in [-0.4, -0.2) is 46.7 Å². The lowest BCUT2D eigenvalue weighted by Crippen LogP contribution is -2.42. The topological polar surface area (TPSA) is 64.8 Å². The molecule has 21 heavy (non-hydrogen) atoms. The lowest BCUT2D eigenvalue weighted by Gasteiger charge is -2.21. The first kappa shape index (κ1) is 15.5. The monoisotopic (exact) mass is 289 g/mol. The molecule has 1 heterocycles. The first-order valence-corrected chi connectivity index (χ1v) is 6.75. The predicted octanol–water partition coefficient (Wildman–Crippen LogP) is 1.13. The van der Waals surface area contributed by atoms with Crippen molar-refractivity contribution in [2.75, 3.05) is 6.61 Å². The highest BCUT2D eigenvalue weighted by Crippen LogP contribution is 2.30. The number of aliphatic hydroxyl groups is 1. The highest BCUT2D eigenvalue weighted by Gasteiger charge is 2.47. The zero-order valence-electron chi connectivity index (χ0n) is 12.1. The van der Waals surface area contributed by atoms with Gasteiger partial charge in [-0.05, 0) is 31.9 Å². The molecule has 0 bridgehead atoms. The van der Waals surface area contributed by atoms with Gasteiger partial charge in [-0.15, -0.1) is 6.42 Å². The summed E-state index contributed by atoms with van der Waals surface area (Å²) in [5, 5.41) is 21.7. The van der Waals surface area contributed by atoms with Crippen molar-refractivity contribution >= 4 is 6.21 Å². The molecule has 0 amide bonds. The highest BCUT2D eigenvalue weighted by atomic mass is 16.8. The van der Waals surface area contributed by atoms with Gasteiger partial charge in [-0.2, -0.15) is 4.74 Å². The van der Waals surface area contributed by atoms with Crippen molar-refractivity contribution < 1.29 is 19.3 Å². The van der Waals surface area contributed by atoms with Gasteiger partial charge in [0.05, 0.1) is 6.61 Å². The molecule has 0 aliphatic carbocycles. The molecule has 1 saturated heterocycles. The minimum absolute atomic E-state index is 0.258. The van der Waals surface area contributed by atoms with Crippen molar-refractivity contribution in [3.8, 4) is 12.3 Å². The van der Waals surface area contributed by atoms with Gasteiger partial charge in [0, 0.05) is 5.56 Å². The molecule has 1 N–H and O–H groups in total. The van der Waals surface area contributed by atoms with E-state index < -0.39 is 24.0 Å². The zero-order chi connectivity index (χ0) is 15.5. The fraction of sp³-hybridized carbons (Fsp3) is 0.438. The number of nitrogens with zero attached hydrogens (tertiary/aromatic N) is 1. The first-order chi connectivity index (χ1) is 9.96. The largest absolute Gasteiger partial charge is 0.623 e. The van der Waals surface area contributed by atoms with E-state index in [1.807, 2.05) is 18.2 Å². The molecule has 0 radical (unpaired) electrons. The molecule has 1 aromatic rings. The average Bonchev–Trinajstić information content (AvgIpc) is 2.76. The van der Waals surface area contributed by atoms with E-state index in [1.54, 1.807) is 26.0 Å². The Hall–Kier alpha value is -1.87. The maximum Gasteiger partial charge on any atom is 0.252 e. The third-order valence-electron chi connectivity index (χ3n) is 3.23. The van der Waals surface area contributed by atoms with Crippen molar-refractivity contribution in [3.63, 3.8) is 0 Å². The fourth-order valence-electron chi connectivity index (χ4n) is 2.35. The maximum absolute atomic E-state index is 12.3. The smallest absolute Gasteiger partial charge is 0.252 e. The summed E-state index contributed by atoms with van der Waals surface area (Å²) in [6, 6.07) is 8.27. The summed E-state index contributed by atoms with van der Waals surface area (Å²) < 4.78 is 11.9. The SMILES string of the molecule is C#C[C@@H]([C@@H]1OC(C)(C)O[C@@H]1CO)/[N+]([O-])=C/c1ccccc1. The minimum Gasteiger partial charge on any atom is -0.623 e. The van der Waals surface area contributed by atoms with Crippen molar-refractivity contribution in [2.24, 2.45) is 0 Å². The second-order valence-corrected chi connectivity index (χ2v) is 5.33. The van der Waals surface area contributed by atoms with Gasteiger partial charge in [-0.25, -0.2) is 0 Å². The Morgan fingerprint density at radius 3 is 2.67 bits per heavy atom. The maximum atomic E-state index is 12.3. The molecule has 0 aromatic heterocycles. The molecule has 1 aliphatic heterocycles. The molecular weight excluding hydrogens is 270 g/mol. The lowest BCUT2D eigenvalue weighted by molar-refractivity contribution is -0.494. The van der Waals surface area contributed by atoms with Crippen molar-refractivity contribution in [1.82, 2.24) is 0 Å². The average molecular weight is 289 g/mol. The van der Waals surface area contributed by atoms with Crippen LogP contribution in [0, 0.1) is 17.6 Å². The molecule has 0 saturated carbocycles. The normalized spacial score (nSPS) is 26.3. The molecule has 1 fully saturated rings. The van der Waals surface area contributed by atoms with Crippen LogP contribution in [0.1, 0.15) is 19.4 Å². The van der Waals surface area contributed by atoms with E-state index in [0.29, 0.717) is 4.74 Å². The van der Waals surface area contributed by atoms with E-state index in [-0.39, 0.29) is 6.61 Å². The first-order valence-electron chi connectivity index (χ1n) is 6.75. The van der Waals surface area contributed by atoms with E-state index in [4.69, 9.17) is 15.9 Å². The molecule has 3 atom stereocenters. The van der Waals surface area contributed by atoms with Crippen LogP contribution < -0.4 is 0 Å². The van der Waals surface area contributed by atoms with Gasteiger partial charge in [0.1, 0.15) is 6.10 Å². The molecule has 0 spiro atoms. The number of ether oxygens (including phenoxy) is 2. The minimum atomic E-state index is -0.874. The van der Waals surface area contributed by atoms with Gasteiger partial charge in [-0.3, -0.25) is 0 Å². The Labute approximate surface area is 124 Å². The summed E-state index contributed by atoms with van der Waals surface area (Å²) >= 11 is 0. The van der Waals surface area contributed by atoms with Gasteiger partial charge < -0.3 is 19.8 Å². The zero-order valence-corrected chi connectivity index (χ0v) is 12.1. The number of benzene rings is 1. The van der Waals surface area contributed by atoms with E-state index in [1.165, 1.54) is 6.21 Å². The quantitative estimate of drug-likeness (QED) is 0.297. The van der Waals surface area contributed by atoms with Crippen LogP contribution in [0.4, 0.5) is 0 Å². The Morgan fingerprint density at radius 1 is 1.43 bits per heavy atom. The summed E-state index contributed by atoms with van der Waals surface area (Å²) in [5.74, 6) is 1.56. The number of aliphatic hydroxyl groups excluding tert-OH is 1. The second kappa shape index (κ2) is 6.27. The summed E-state index contributed by atoms with van der Waals surface area (Å²) in [7, 11) is 0. The third-order valence-corrected chi connectivity index (χ3v) is 3.23. The number of hydrogen-bond acceptors (Lipinski definition) is 4. The summed E-state index contributed by atoms with van der Waals surface area (Å²) in [4.78, 5) is 0. The molecule has 5 nitrogen and oxygen atoms in total. The van der Waals surface area contributed by atoms with Gasteiger partial charge in [0.2, 0.25) is 0 Å². The number of hydroxylamine groups is 1. The molecule has 1 aromatic carbocycles. The summed E-state index contributed by atoms with van der Waals surface area (Å²) in [6.45, 7) is 3.18. The molecule has 1 aliphatic rings. The van der Waals surface area contributed by atoms with E-state index >= 15 is 0 Å². The van der Waals surface area contributed by atoms with Crippen molar-refractivity contribution in [2.45, 2.75) is 37.9 Å². The van der Waals surface area contributed by atoms with E-state index in [2.05, 4.69) is 5.92 Å². The van der Waals surface area contributed by atoms with Crippen LogP contribution in [-0.2, 0) is 9.47 Å². The Morgan fingerprint density at radius 2 is 2.10 bits per heavy atom. The van der Waals surface area contributed by atoms with E-state index in [9.17, 15) is 10.3 Å². The molecule has 0 unspecified atom stereocenters. The van der Waals surface area contributed by atoms with Gasteiger partial charge >= 0.3 is 0 Å². The number of terminal acetylenes is 1. The standard InChI is InChI=1S/C16H19NO4/c1-4-13(15-14(11-18)20-16(2,3)21-15)17(19)10-12-8-6-5-7-9-12/h1,5-10,13-15,18H,11H2,2-3H3/b17-10-/t13-,14+,15-/m0/s1. The fourth-order valence-corrected chi connectivity index (χ4v) is 2.35. The van der Waals surface area contributed by atoms with Crippen LogP contribution in [0.25, 0.3) is 0 Å². The molecule has 5 heteroatoms. The van der Waals surface area contributed by atoms with Gasteiger partial charge in [0.25, 0.3) is 6.04 Å². The summed E-state index contributed by atoms with van der Waals surface area (Å²) in [5.41, 5.74) is 0.742. The van der Waals surface area contributed by atoms with Crippen LogP contribution in [0.2, 0.25) is 0 Å². The Kier molecular flexibility index (Phi) is 4.63. The Balaban J connectivity index is 2.23.